The Morgan fingerprint density at radius 1 is 1.29 bits per heavy atom. The highest BCUT2D eigenvalue weighted by molar-refractivity contribution is 6.01. The van der Waals surface area contributed by atoms with Gasteiger partial charge in [-0.1, -0.05) is 17.7 Å². The number of halogens is 1. The van der Waals surface area contributed by atoms with Crippen molar-refractivity contribution in [2.45, 2.75) is 19.8 Å². The summed E-state index contributed by atoms with van der Waals surface area (Å²) in [4.78, 5) is 4.31. The molecule has 0 N–H and O–H groups in total. The zero-order valence-corrected chi connectivity index (χ0v) is 8.13. The molecule has 0 amide bonds. The van der Waals surface area contributed by atoms with Crippen LogP contribution in [0.15, 0.2) is 41.0 Å². The van der Waals surface area contributed by atoms with E-state index in [1.54, 1.807) is 6.07 Å². The first-order valence-corrected chi connectivity index (χ1v) is 4.74. The van der Waals surface area contributed by atoms with Gasteiger partial charge in [-0.2, -0.15) is 0 Å². The Hall–Kier alpha value is -1.44. The lowest BCUT2D eigenvalue weighted by atomic mass is 10.0. The van der Waals surface area contributed by atoms with Crippen molar-refractivity contribution in [3.8, 4) is 0 Å². The summed E-state index contributed by atoms with van der Waals surface area (Å²) in [6, 6.07) is 6.61. The van der Waals surface area contributed by atoms with Crippen molar-refractivity contribution in [2.75, 3.05) is 0 Å². The zero-order chi connectivity index (χ0) is 9.97. The molecule has 1 heterocycles. The lowest BCUT2D eigenvalue weighted by Crippen LogP contribution is -2.04. The van der Waals surface area contributed by atoms with E-state index in [2.05, 4.69) is 11.9 Å². The molecule has 1 aliphatic heterocycles. The molecule has 0 aromatic heterocycles. The van der Waals surface area contributed by atoms with Gasteiger partial charge in [-0.15, -0.1) is 0 Å². The van der Waals surface area contributed by atoms with E-state index in [-0.39, 0.29) is 5.82 Å². The average Bonchev–Trinajstić information content (AvgIpc) is 2.19. The van der Waals surface area contributed by atoms with Crippen molar-refractivity contribution < 1.29 is 4.39 Å². The van der Waals surface area contributed by atoms with E-state index in [0.29, 0.717) is 0 Å². The van der Waals surface area contributed by atoms with Crippen molar-refractivity contribution in [3.63, 3.8) is 0 Å². The monoisotopic (exact) mass is 189 g/mol. The van der Waals surface area contributed by atoms with Crippen molar-refractivity contribution >= 4 is 5.71 Å². The van der Waals surface area contributed by atoms with Gasteiger partial charge in [-0.25, -0.2) is 4.39 Å². The number of hydrogen-bond acceptors (Lipinski definition) is 1. The highest BCUT2D eigenvalue weighted by Crippen LogP contribution is 2.16. The van der Waals surface area contributed by atoms with Crippen LogP contribution in [0, 0.1) is 5.82 Å². The summed E-state index contributed by atoms with van der Waals surface area (Å²) in [6.45, 7) is 2.06. The third-order valence-electron chi connectivity index (χ3n) is 2.35. The third-order valence-corrected chi connectivity index (χ3v) is 2.35. The summed E-state index contributed by atoms with van der Waals surface area (Å²) >= 11 is 0. The van der Waals surface area contributed by atoms with E-state index in [0.717, 1.165) is 24.1 Å². The molecule has 0 aliphatic carbocycles. The van der Waals surface area contributed by atoms with Crippen LogP contribution in [-0.4, -0.2) is 5.71 Å². The molecule has 0 spiro atoms. The highest BCUT2D eigenvalue weighted by Gasteiger charge is 2.07. The fourth-order valence-corrected chi connectivity index (χ4v) is 1.52. The molecule has 14 heavy (non-hydrogen) atoms. The second kappa shape index (κ2) is 3.74. The number of benzene rings is 1. The zero-order valence-electron chi connectivity index (χ0n) is 8.13. The van der Waals surface area contributed by atoms with Gasteiger partial charge in [-0.05, 0) is 37.5 Å². The Bertz CT molecular complexity index is 405. The molecule has 1 aliphatic rings. The normalized spacial score (nSPS) is 16.1. The molecule has 0 fully saturated rings. The minimum Gasteiger partial charge on any atom is -0.261 e. The minimum absolute atomic E-state index is 0.198. The quantitative estimate of drug-likeness (QED) is 0.642. The fourth-order valence-electron chi connectivity index (χ4n) is 1.52. The van der Waals surface area contributed by atoms with E-state index in [9.17, 15) is 4.39 Å². The molecule has 72 valence electrons. The Kier molecular flexibility index (Phi) is 2.44. The van der Waals surface area contributed by atoms with E-state index in [1.807, 2.05) is 12.3 Å². The predicted octanol–water partition coefficient (Wildman–Crippen LogP) is 3.31. The number of aliphatic imine (C=N–C) groups is 1. The largest absolute Gasteiger partial charge is 0.261 e. The topological polar surface area (TPSA) is 12.4 Å². The maximum atomic E-state index is 12.9. The van der Waals surface area contributed by atoms with Crippen LogP contribution < -0.4 is 0 Å². The summed E-state index contributed by atoms with van der Waals surface area (Å²) < 4.78 is 12.9. The number of nitrogens with zero attached hydrogens (tertiary/aromatic N) is 1. The summed E-state index contributed by atoms with van der Waals surface area (Å²) in [7, 11) is 0. The van der Waals surface area contributed by atoms with Gasteiger partial charge >= 0.3 is 0 Å². The first-order valence-electron chi connectivity index (χ1n) is 4.74. The maximum absolute atomic E-state index is 12.9. The lowest BCUT2D eigenvalue weighted by Gasteiger charge is -2.10. The van der Waals surface area contributed by atoms with Gasteiger partial charge in [0.05, 0.1) is 0 Å². The molecule has 1 aromatic rings. The minimum atomic E-state index is -0.198. The van der Waals surface area contributed by atoms with Crippen LogP contribution in [0.5, 0.6) is 0 Å². The smallest absolute Gasteiger partial charge is 0.123 e. The number of allylic oxidation sites excluding steroid dienone is 1. The van der Waals surface area contributed by atoms with Crippen LogP contribution in [-0.2, 0) is 0 Å². The molecule has 0 radical (unpaired) electrons. The van der Waals surface area contributed by atoms with Crippen LogP contribution in [0.3, 0.4) is 0 Å². The standard InChI is InChI=1S/C12H12FN/c1-9-5-6-12(14-8-9)10-3-2-4-11(13)7-10/h2-4,7-8H,5-6H2,1H3. The van der Waals surface area contributed by atoms with Crippen LogP contribution in [0.2, 0.25) is 0 Å². The van der Waals surface area contributed by atoms with Crippen LogP contribution >= 0.6 is 0 Å². The SMILES string of the molecule is CC1=CN=C(c2cccc(F)c2)CC1. The lowest BCUT2D eigenvalue weighted by molar-refractivity contribution is 0.627. The molecular weight excluding hydrogens is 177 g/mol. The Morgan fingerprint density at radius 2 is 2.14 bits per heavy atom. The van der Waals surface area contributed by atoms with Crippen LogP contribution in [0.25, 0.3) is 0 Å². The van der Waals surface area contributed by atoms with Gasteiger partial charge in [0.2, 0.25) is 0 Å². The molecule has 0 bridgehead atoms. The molecule has 1 nitrogen and oxygen atoms in total. The van der Waals surface area contributed by atoms with E-state index < -0.39 is 0 Å². The molecule has 0 atom stereocenters. The first kappa shape index (κ1) is 9.13. The summed E-state index contributed by atoms with van der Waals surface area (Å²) in [5.41, 5.74) is 3.16. The number of hydrogen-bond donors (Lipinski definition) is 0. The van der Waals surface area contributed by atoms with E-state index in [1.165, 1.54) is 17.7 Å². The third kappa shape index (κ3) is 1.90. The second-order valence-corrected chi connectivity index (χ2v) is 3.56. The first-order chi connectivity index (χ1) is 6.75. The molecule has 0 saturated heterocycles. The summed E-state index contributed by atoms with van der Waals surface area (Å²) in [6.07, 6.45) is 3.80. The molecule has 0 unspecified atom stereocenters. The number of rotatable bonds is 1. The van der Waals surface area contributed by atoms with Crippen LogP contribution in [0.4, 0.5) is 4.39 Å². The van der Waals surface area contributed by atoms with Crippen molar-refractivity contribution in [1.29, 1.82) is 0 Å². The van der Waals surface area contributed by atoms with E-state index >= 15 is 0 Å². The Labute approximate surface area is 83.0 Å². The van der Waals surface area contributed by atoms with Gasteiger partial charge in [0, 0.05) is 11.9 Å². The van der Waals surface area contributed by atoms with Crippen molar-refractivity contribution in [3.05, 3.63) is 47.4 Å². The second-order valence-electron chi connectivity index (χ2n) is 3.56. The van der Waals surface area contributed by atoms with E-state index in [4.69, 9.17) is 0 Å². The van der Waals surface area contributed by atoms with Crippen molar-refractivity contribution in [1.82, 2.24) is 0 Å². The molecule has 0 saturated carbocycles. The highest BCUT2D eigenvalue weighted by atomic mass is 19.1. The van der Waals surface area contributed by atoms with Gasteiger partial charge in [0.15, 0.2) is 0 Å². The Morgan fingerprint density at radius 3 is 2.79 bits per heavy atom. The maximum Gasteiger partial charge on any atom is 0.123 e. The van der Waals surface area contributed by atoms with Gasteiger partial charge < -0.3 is 0 Å². The van der Waals surface area contributed by atoms with Crippen LogP contribution in [0.1, 0.15) is 25.3 Å². The fraction of sp³-hybridized carbons (Fsp3) is 0.250. The van der Waals surface area contributed by atoms with Gasteiger partial charge in [0.25, 0.3) is 0 Å². The Balaban J connectivity index is 2.32. The molecule has 2 rings (SSSR count). The van der Waals surface area contributed by atoms with Gasteiger partial charge in [0.1, 0.15) is 5.82 Å². The van der Waals surface area contributed by atoms with Gasteiger partial charge in [-0.3, -0.25) is 4.99 Å². The predicted molar refractivity (Wildman–Crippen MR) is 55.9 cm³/mol. The summed E-state index contributed by atoms with van der Waals surface area (Å²) in [5.74, 6) is -0.198. The average molecular weight is 189 g/mol. The summed E-state index contributed by atoms with van der Waals surface area (Å²) in [5, 5.41) is 0. The molecule has 2 heteroatoms. The molecular formula is C12H12FN. The van der Waals surface area contributed by atoms with Crippen molar-refractivity contribution in [2.24, 2.45) is 4.99 Å². The molecule has 1 aromatic carbocycles.